The highest BCUT2D eigenvalue weighted by Crippen LogP contribution is 2.22. The molecule has 0 bridgehead atoms. The van der Waals surface area contributed by atoms with Gasteiger partial charge in [-0.05, 0) is 37.0 Å². The van der Waals surface area contributed by atoms with E-state index in [1.165, 1.54) is 17.5 Å². The number of rotatable bonds is 4. The van der Waals surface area contributed by atoms with Crippen molar-refractivity contribution in [3.63, 3.8) is 0 Å². The standard InChI is InChI=1S/C13H19N/c1-4-7-11-8-9-12(5-2)13(10-11)14-6-3/h6,8-10H,4-5,7H2,1-3H3. The van der Waals surface area contributed by atoms with Gasteiger partial charge >= 0.3 is 0 Å². The maximum absolute atomic E-state index is 4.40. The summed E-state index contributed by atoms with van der Waals surface area (Å²) in [5.74, 6) is 0. The van der Waals surface area contributed by atoms with Gasteiger partial charge in [-0.25, -0.2) is 0 Å². The smallest absolute Gasteiger partial charge is 0.0660 e. The fourth-order valence-electron chi connectivity index (χ4n) is 1.61. The zero-order valence-corrected chi connectivity index (χ0v) is 9.38. The SMILES string of the molecule is CC=Nc1cc(CCC)ccc1CC. The molecule has 1 aromatic carbocycles. The van der Waals surface area contributed by atoms with E-state index in [4.69, 9.17) is 0 Å². The van der Waals surface area contributed by atoms with Gasteiger partial charge in [0, 0.05) is 6.21 Å². The van der Waals surface area contributed by atoms with Crippen molar-refractivity contribution in [2.45, 2.75) is 40.0 Å². The lowest BCUT2D eigenvalue weighted by molar-refractivity contribution is 0.920. The van der Waals surface area contributed by atoms with Crippen LogP contribution in [0, 0.1) is 0 Å². The Morgan fingerprint density at radius 1 is 1.29 bits per heavy atom. The van der Waals surface area contributed by atoms with Gasteiger partial charge in [-0.15, -0.1) is 0 Å². The summed E-state index contributed by atoms with van der Waals surface area (Å²) >= 11 is 0. The van der Waals surface area contributed by atoms with Gasteiger partial charge in [0.05, 0.1) is 5.69 Å². The summed E-state index contributed by atoms with van der Waals surface area (Å²) in [4.78, 5) is 4.40. The van der Waals surface area contributed by atoms with Gasteiger partial charge in [0.1, 0.15) is 0 Å². The minimum absolute atomic E-state index is 1.05. The average Bonchev–Trinajstić information content (AvgIpc) is 2.19. The first-order chi connectivity index (χ1) is 6.81. The molecule has 0 heterocycles. The maximum atomic E-state index is 4.40. The summed E-state index contributed by atoms with van der Waals surface area (Å²) in [5, 5.41) is 0. The van der Waals surface area contributed by atoms with E-state index >= 15 is 0 Å². The minimum Gasteiger partial charge on any atom is -0.261 e. The molecule has 1 heteroatoms. The highest BCUT2D eigenvalue weighted by Gasteiger charge is 2.00. The Bertz CT molecular complexity index is 313. The number of benzene rings is 1. The molecule has 0 atom stereocenters. The molecule has 0 aliphatic carbocycles. The molecule has 0 saturated heterocycles. The van der Waals surface area contributed by atoms with Crippen LogP contribution in [0.15, 0.2) is 23.2 Å². The number of aryl methyl sites for hydroxylation is 2. The predicted octanol–water partition coefficient (Wildman–Crippen LogP) is 3.92. The molecule has 76 valence electrons. The topological polar surface area (TPSA) is 12.4 Å². The first-order valence-corrected chi connectivity index (χ1v) is 5.42. The Balaban J connectivity index is 3.00. The van der Waals surface area contributed by atoms with E-state index in [1.807, 2.05) is 13.1 Å². The van der Waals surface area contributed by atoms with Crippen LogP contribution in [0.2, 0.25) is 0 Å². The van der Waals surface area contributed by atoms with Gasteiger partial charge in [-0.2, -0.15) is 0 Å². The predicted molar refractivity (Wildman–Crippen MR) is 63.6 cm³/mol. The van der Waals surface area contributed by atoms with Crippen LogP contribution in [0.5, 0.6) is 0 Å². The van der Waals surface area contributed by atoms with E-state index in [9.17, 15) is 0 Å². The van der Waals surface area contributed by atoms with Crippen LogP contribution in [0.3, 0.4) is 0 Å². The van der Waals surface area contributed by atoms with E-state index in [-0.39, 0.29) is 0 Å². The second kappa shape index (κ2) is 5.58. The summed E-state index contributed by atoms with van der Waals surface area (Å²) in [5.41, 5.74) is 3.87. The molecule has 0 aliphatic rings. The first-order valence-electron chi connectivity index (χ1n) is 5.42. The van der Waals surface area contributed by atoms with Gasteiger partial charge in [0.25, 0.3) is 0 Å². The molecule has 1 nitrogen and oxygen atoms in total. The largest absolute Gasteiger partial charge is 0.261 e. The van der Waals surface area contributed by atoms with Crippen molar-refractivity contribution >= 4 is 11.9 Å². The van der Waals surface area contributed by atoms with Crippen LogP contribution in [0.1, 0.15) is 38.3 Å². The highest BCUT2D eigenvalue weighted by atomic mass is 14.7. The Labute approximate surface area is 86.9 Å². The van der Waals surface area contributed by atoms with Gasteiger partial charge in [0.2, 0.25) is 0 Å². The molecular formula is C13H19N. The molecule has 0 aliphatic heterocycles. The van der Waals surface area contributed by atoms with Crippen molar-refractivity contribution in [2.24, 2.45) is 4.99 Å². The number of hydrogen-bond acceptors (Lipinski definition) is 1. The molecular weight excluding hydrogens is 170 g/mol. The van der Waals surface area contributed by atoms with Gasteiger partial charge in [-0.3, -0.25) is 4.99 Å². The Kier molecular flexibility index (Phi) is 4.37. The zero-order valence-electron chi connectivity index (χ0n) is 9.38. The van der Waals surface area contributed by atoms with Crippen LogP contribution >= 0.6 is 0 Å². The van der Waals surface area contributed by atoms with Crippen molar-refractivity contribution in [1.29, 1.82) is 0 Å². The second-order valence-corrected chi connectivity index (χ2v) is 3.45. The van der Waals surface area contributed by atoms with Crippen molar-refractivity contribution in [1.82, 2.24) is 0 Å². The highest BCUT2D eigenvalue weighted by molar-refractivity contribution is 5.63. The third-order valence-corrected chi connectivity index (χ3v) is 2.34. The summed E-state index contributed by atoms with van der Waals surface area (Å²) < 4.78 is 0. The summed E-state index contributed by atoms with van der Waals surface area (Å²) in [6, 6.07) is 6.63. The van der Waals surface area contributed by atoms with Gasteiger partial charge in [-0.1, -0.05) is 32.4 Å². The van der Waals surface area contributed by atoms with Crippen molar-refractivity contribution < 1.29 is 0 Å². The van der Waals surface area contributed by atoms with Crippen molar-refractivity contribution in [3.8, 4) is 0 Å². The van der Waals surface area contributed by atoms with E-state index < -0.39 is 0 Å². The van der Waals surface area contributed by atoms with Crippen LogP contribution < -0.4 is 0 Å². The molecule has 0 spiro atoms. The average molecular weight is 189 g/mol. The third kappa shape index (κ3) is 2.69. The molecule has 0 aromatic heterocycles. The zero-order chi connectivity index (χ0) is 10.4. The van der Waals surface area contributed by atoms with E-state index in [0.29, 0.717) is 0 Å². The van der Waals surface area contributed by atoms with Crippen LogP contribution in [-0.2, 0) is 12.8 Å². The monoisotopic (exact) mass is 189 g/mol. The summed E-state index contributed by atoms with van der Waals surface area (Å²) in [7, 11) is 0. The van der Waals surface area contributed by atoms with Crippen LogP contribution in [0.4, 0.5) is 5.69 Å². The van der Waals surface area contributed by atoms with Crippen molar-refractivity contribution in [3.05, 3.63) is 29.3 Å². The maximum Gasteiger partial charge on any atom is 0.0660 e. The molecule has 0 saturated carbocycles. The Hall–Kier alpha value is -1.11. The van der Waals surface area contributed by atoms with E-state index in [0.717, 1.165) is 18.5 Å². The van der Waals surface area contributed by atoms with Gasteiger partial charge < -0.3 is 0 Å². The summed E-state index contributed by atoms with van der Waals surface area (Å²) in [6.07, 6.45) is 5.26. The lowest BCUT2D eigenvalue weighted by Crippen LogP contribution is -1.87. The minimum atomic E-state index is 1.05. The number of aliphatic imine (C=N–C) groups is 1. The van der Waals surface area contributed by atoms with E-state index in [1.54, 1.807) is 0 Å². The molecule has 1 rings (SSSR count). The molecule has 1 aromatic rings. The number of nitrogens with zero attached hydrogens (tertiary/aromatic N) is 1. The Morgan fingerprint density at radius 3 is 2.64 bits per heavy atom. The molecule has 14 heavy (non-hydrogen) atoms. The molecule has 0 N–H and O–H groups in total. The normalized spacial score (nSPS) is 11.1. The molecule has 0 unspecified atom stereocenters. The molecule has 0 radical (unpaired) electrons. The molecule has 0 amide bonds. The molecule has 0 fully saturated rings. The summed E-state index contributed by atoms with van der Waals surface area (Å²) in [6.45, 7) is 6.34. The van der Waals surface area contributed by atoms with E-state index in [2.05, 4.69) is 37.0 Å². The lowest BCUT2D eigenvalue weighted by atomic mass is 10.0. The lowest BCUT2D eigenvalue weighted by Gasteiger charge is -2.05. The van der Waals surface area contributed by atoms with Crippen LogP contribution in [-0.4, -0.2) is 6.21 Å². The van der Waals surface area contributed by atoms with Crippen LogP contribution in [0.25, 0.3) is 0 Å². The second-order valence-electron chi connectivity index (χ2n) is 3.45. The Morgan fingerprint density at radius 2 is 2.07 bits per heavy atom. The fraction of sp³-hybridized carbons (Fsp3) is 0.462. The first kappa shape index (κ1) is 11.0. The number of hydrogen-bond donors (Lipinski definition) is 0. The third-order valence-electron chi connectivity index (χ3n) is 2.34. The quantitative estimate of drug-likeness (QED) is 0.636. The van der Waals surface area contributed by atoms with Crippen molar-refractivity contribution in [2.75, 3.05) is 0 Å². The fourth-order valence-corrected chi connectivity index (χ4v) is 1.61. The van der Waals surface area contributed by atoms with Gasteiger partial charge in [0.15, 0.2) is 0 Å².